The second-order valence-corrected chi connectivity index (χ2v) is 8.82. The first-order chi connectivity index (χ1) is 13.3. The Kier molecular flexibility index (Phi) is 5.78. The molecular weight excluding hydrogens is 382 g/mol. The van der Waals surface area contributed by atoms with E-state index in [1.165, 1.54) is 12.1 Å². The van der Waals surface area contributed by atoms with Gasteiger partial charge in [0.1, 0.15) is 17.0 Å². The van der Waals surface area contributed by atoms with Crippen molar-refractivity contribution in [1.82, 2.24) is 9.97 Å². The minimum absolute atomic E-state index is 0.151. The monoisotopic (exact) mass is 405 g/mol. The smallest absolute Gasteiger partial charge is 0.288 e. The number of nitrogens with zero attached hydrogens (tertiary/aromatic N) is 4. The van der Waals surface area contributed by atoms with Crippen LogP contribution in [0.2, 0.25) is 0 Å². The molecule has 10 heteroatoms. The zero-order chi connectivity index (χ0) is 20.3. The molecule has 1 aliphatic rings. The molecule has 1 aromatic carbocycles. The summed E-state index contributed by atoms with van der Waals surface area (Å²) in [6.07, 6.45) is 5.11. The molecule has 1 saturated heterocycles. The van der Waals surface area contributed by atoms with Gasteiger partial charge in [-0.2, -0.15) is 0 Å². The van der Waals surface area contributed by atoms with Gasteiger partial charge in [-0.3, -0.25) is 10.1 Å². The molecule has 0 unspecified atom stereocenters. The molecule has 150 valence electrons. The van der Waals surface area contributed by atoms with Gasteiger partial charge in [-0.15, -0.1) is 0 Å². The summed E-state index contributed by atoms with van der Waals surface area (Å²) < 4.78 is 23.8. The zero-order valence-electron chi connectivity index (χ0n) is 15.8. The summed E-state index contributed by atoms with van der Waals surface area (Å²) in [7, 11) is -3.70. The molecule has 2 aromatic rings. The van der Waals surface area contributed by atoms with E-state index in [2.05, 4.69) is 27.1 Å². The Bertz CT molecular complexity index is 972. The summed E-state index contributed by atoms with van der Waals surface area (Å²) >= 11 is 0. The number of benzene rings is 1. The van der Waals surface area contributed by atoms with Crippen LogP contribution in [0, 0.1) is 10.1 Å². The molecule has 0 atom stereocenters. The van der Waals surface area contributed by atoms with E-state index in [0.717, 1.165) is 50.1 Å². The van der Waals surface area contributed by atoms with Crippen LogP contribution in [-0.2, 0) is 16.3 Å². The van der Waals surface area contributed by atoms with Gasteiger partial charge in [-0.05, 0) is 31.4 Å². The highest BCUT2D eigenvalue weighted by molar-refractivity contribution is 7.90. The Morgan fingerprint density at radius 1 is 1.25 bits per heavy atom. The van der Waals surface area contributed by atoms with Gasteiger partial charge < -0.3 is 10.2 Å². The van der Waals surface area contributed by atoms with Gasteiger partial charge in [0.25, 0.3) is 5.69 Å². The van der Waals surface area contributed by atoms with Gasteiger partial charge in [0.05, 0.1) is 4.92 Å². The van der Waals surface area contributed by atoms with E-state index in [-0.39, 0.29) is 10.9 Å². The second-order valence-electron chi connectivity index (χ2n) is 6.84. The van der Waals surface area contributed by atoms with Gasteiger partial charge >= 0.3 is 0 Å². The third-order valence-corrected chi connectivity index (χ3v) is 5.94. The minimum atomic E-state index is -3.70. The van der Waals surface area contributed by atoms with Crippen LogP contribution in [0.4, 0.5) is 17.2 Å². The van der Waals surface area contributed by atoms with Crippen LogP contribution in [0.3, 0.4) is 0 Å². The van der Waals surface area contributed by atoms with Crippen molar-refractivity contribution in [3.63, 3.8) is 0 Å². The van der Waals surface area contributed by atoms with Crippen LogP contribution in [0.15, 0.2) is 35.5 Å². The first-order valence-electron chi connectivity index (χ1n) is 9.09. The van der Waals surface area contributed by atoms with Crippen molar-refractivity contribution < 1.29 is 13.3 Å². The maximum Gasteiger partial charge on any atom is 0.288 e. The lowest BCUT2D eigenvalue weighted by molar-refractivity contribution is -0.387. The molecule has 3 rings (SSSR count). The fraction of sp³-hybridized carbons (Fsp3) is 0.444. The summed E-state index contributed by atoms with van der Waals surface area (Å²) in [5, 5.41) is 14.4. The highest BCUT2D eigenvalue weighted by Gasteiger charge is 2.24. The van der Waals surface area contributed by atoms with Crippen molar-refractivity contribution in [2.24, 2.45) is 0 Å². The van der Waals surface area contributed by atoms with Gasteiger partial charge in [-0.1, -0.05) is 6.92 Å². The fourth-order valence-corrected chi connectivity index (χ4v) is 4.16. The summed E-state index contributed by atoms with van der Waals surface area (Å²) in [4.78, 5) is 20.9. The Balaban J connectivity index is 1.68. The van der Waals surface area contributed by atoms with Crippen LogP contribution in [0.5, 0.6) is 0 Å². The molecule has 0 saturated carbocycles. The molecule has 1 N–H and O–H groups in total. The van der Waals surface area contributed by atoms with E-state index in [9.17, 15) is 18.5 Å². The SMILES string of the molecule is CCc1cc(N2CCC(Nc3ccc([N+](=O)[O-])c(S(C)(=O)=O)c3)CC2)ncn1. The number of rotatable bonds is 6. The van der Waals surface area contributed by atoms with E-state index in [4.69, 9.17) is 0 Å². The lowest BCUT2D eigenvalue weighted by atomic mass is 10.0. The second kappa shape index (κ2) is 8.09. The van der Waals surface area contributed by atoms with Crippen molar-refractivity contribution in [2.45, 2.75) is 37.1 Å². The summed E-state index contributed by atoms with van der Waals surface area (Å²) in [6.45, 7) is 3.67. The highest BCUT2D eigenvalue weighted by Crippen LogP contribution is 2.28. The maximum atomic E-state index is 11.9. The van der Waals surface area contributed by atoms with Crippen molar-refractivity contribution in [3.05, 3.63) is 46.4 Å². The molecule has 1 aliphatic heterocycles. The number of piperidine rings is 1. The summed E-state index contributed by atoms with van der Waals surface area (Å²) in [6, 6.07) is 6.29. The Labute approximate surface area is 163 Å². The molecule has 2 heterocycles. The Morgan fingerprint density at radius 2 is 1.96 bits per heavy atom. The molecular formula is C18H23N5O4S. The van der Waals surface area contributed by atoms with Crippen LogP contribution in [-0.4, -0.2) is 48.7 Å². The molecule has 0 amide bonds. The highest BCUT2D eigenvalue weighted by atomic mass is 32.2. The third-order valence-electron chi connectivity index (χ3n) is 4.82. The normalized spacial score (nSPS) is 15.4. The van der Waals surface area contributed by atoms with E-state index < -0.39 is 20.4 Å². The summed E-state index contributed by atoms with van der Waals surface area (Å²) in [5.41, 5.74) is 1.17. The first-order valence-corrected chi connectivity index (χ1v) is 11.0. The number of hydrogen-bond acceptors (Lipinski definition) is 8. The molecule has 1 aromatic heterocycles. The van der Waals surface area contributed by atoms with Crippen molar-refractivity contribution in [3.8, 4) is 0 Å². The van der Waals surface area contributed by atoms with Crippen molar-refractivity contribution in [2.75, 3.05) is 29.6 Å². The van der Waals surface area contributed by atoms with Crippen molar-refractivity contribution in [1.29, 1.82) is 0 Å². The van der Waals surface area contributed by atoms with E-state index >= 15 is 0 Å². The molecule has 0 radical (unpaired) electrons. The molecule has 9 nitrogen and oxygen atoms in total. The number of aromatic nitrogens is 2. The number of nitro groups is 1. The lowest BCUT2D eigenvalue weighted by Gasteiger charge is -2.33. The van der Waals surface area contributed by atoms with E-state index in [0.29, 0.717) is 5.69 Å². The van der Waals surface area contributed by atoms with Crippen LogP contribution < -0.4 is 10.2 Å². The van der Waals surface area contributed by atoms with Gasteiger partial charge in [0.2, 0.25) is 0 Å². The predicted molar refractivity (Wildman–Crippen MR) is 106 cm³/mol. The molecule has 28 heavy (non-hydrogen) atoms. The molecule has 0 aliphatic carbocycles. The minimum Gasteiger partial charge on any atom is -0.382 e. The molecule has 0 bridgehead atoms. The standard InChI is InChI=1S/C18H23N5O4S/c1-3-13-11-18(20-12-19-13)22-8-6-14(7-9-22)21-15-4-5-16(23(24)25)17(10-15)28(2,26)27/h4-5,10-12,14,21H,3,6-9H2,1-2H3. The number of sulfone groups is 1. The number of nitrogens with one attached hydrogen (secondary N) is 1. The average molecular weight is 405 g/mol. The number of nitro benzene ring substituents is 1. The molecule has 0 spiro atoms. The van der Waals surface area contributed by atoms with Crippen LogP contribution >= 0.6 is 0 Å². The van der Waals surface area contributed by atoms with Gasteiger partial charge in [-0.25, -0.2) is 18.4 Å². The average Bonchev–Trinajstić information content (AvgIpc) is 2.68. The zero-order valence-corrected chi connectivity index (χ0v) is 16.6. The third kappa shape index (κ3) is 4.56. The number of aryl methyl sites for hydroxylation is 1. The fourth-order valence-electron chi connectivity index (χ4n) is 3.29. The number of anilines is 2. The first kappa shape index (κ1) is 20.0. The predicted octanol–water partition coefficient (Wildman–Crippen LogP) is 2.43. The molecule has 1 fully saturated rings. The lowest BCUT2D eigenvalue weighted by Crippen LogP contribution is -2.39. The van der Waals surface area contributed by atoms with Gasteiger partial charge in [0, 0.05) is 48.9 Å². The van der Waals surface area contributed by atoms with Crippen molar-refractivity contribution >= 4 is 27.0 Å². The van der Waals surface area contributed by atoms with Crippen LogP contribution in [0.25, 0.3) is 0 Å². The number of hydrogen-bond donors (Lipinski definition) is 1. The topological polar surface area (TPSA) is 118 Å². The largest absolute Gasteiger partial charge is 0.382 e. The van der Waals surface area contributed by atoms with E-state index in [1.54, 1.807) is 12.4 Å². The summed E-state index contributed by atoms with van der Waals surface area (Å²) in [5.74, 6) is 0.917. The van der Waals surface area contributed by atoms with E-state index in [1.807, 2.05) is 6.07 Å². The quantitative estimate of drug-likeness (QED) is 0.575. The maximum absolute atomic E-state index is 11.9. The Hall–Kier alpha value is -2.75. The van der Waals surface area contributed by atoms with Gasteiger partial charge in [0.15, 0.2) is 9.84 Å². The van der Waals surface area contributed by atoms with Crippen LogP contribution in [0.1, 0.15) is 25.5 Å². The Morgan fingerprint density at radius 3 is 2.57 bits per heavy atom.